The van der Waals surface area contributed by atoms with Gasteiger partial charge in [0.2, 0.25) is 0 Å². The topological polar surface area (TPSA) is 51.8 Å². The fraction of sp³-hybridized carbons (Fsp3) is 0.500. The van der Waals surface area contributed by atoms with E-state index >= 15 is 0 Å². The van der Waals surface area contributed by atoms with Gasteiger partial charge >= 0.3 is 0 Å². The highest BCUT2D eigenvalue weighted by Gasteiger charge is 2.03. The second-order valence-corrected chi connectivity index (χ2v) is 2.60. The Morgan fingerprint density at radius 1 is 1.45 bits per heavy atom. The van der Waals surface area contributed by atoms with E-state index in [1.165, 1.54) is 0 Å². The second kappa shape index (κ2) is 3.44. The third-order valence-corrected chi connectivity index (χ3v) is 1.62. The van der Waals surface area contributed by atoms with Crippen LogP contribution in [0.3, 0.4) is 0 Å². The van der Waals surface area contributed by atoms with Crippen molar-refractivity contribution >= 4 is 0 Å². The van der Waals surface area contributed by atoms with Crippen LogP contribution < -0.4 is 5.73 Å². The summed E-state index contributed by atoms with van der Waals surface area (Å²) in [6.45, 7) is 3.94. The Bertz CT molecular complexity index is 217. The predicted molar refractivity (Wildman–Crippen MR) is 44.0 cm³/mol. The minimum absolute atomic E-state index is 0.0306. The minimum atomic E-state index is 0.0306. The maximum absolute atomic E-state index is 5.74. The highest BCUT2D eigenvalue weighted by atomic mass is 14.8. The molecule has 0 saturated heterocycles. The molecule has 11 heavy (non-hydrogen) atoms. The van der Waals surface area contributed by atoms with E-state index in [1.54, 1.807) is 12.4 Å². The Hall–Kier alpha value is -0.960. The molecule has 0 aliphatic heterocycles. The van der Waals surface area contributed by atoms with Crippen molar-refractivity contribution in [3.63, 3.8) is 0 Å². The highest BCUT2D eigenvalue weighted by Crippen LogP contribution is 2.08. The minimum Gasteiger partial charge on any atom is -0.323 e. The van der Waals surface area contributed by atoms with E-state index in [-0.39, 0.29) is 6.04 Å². The summed E-state index contributed by atoms with van der Waals surface area (Å²) in [7, 11) is 0. The zero-order valence-electron chi connectivity index (χ0n) is 6.91. The van der Waals surface area contributed by atoms with Gasteiger partial charge in [-0.15, -0.1) is 0 Å². The van der Waals surface area contributed by atoms with Crippen molar-refractivity contribution < 1.29 is 0 Å². The number of hydrogen-bond acceptors (Lipinski definition) is 3. The van der Waals surface area contributed by atoms with Crippen molar-refractivity contribution in [3.05, 3.63) is 23.8 Å². The Labute approximate surface area is 66.7 Å². The molecule has 0 fully saturated rings. The number of nitrogens with zero attached hydrogens (tertiary/aromatic N) is 2. The van der Waals surface area contributed by atoms with E-state index in [2.05, 4.69) is 9.97 Å². The molecule has 3 nitrogen and oxygen atoms in total. The third-order valence-electron chi connectivity index (χ3n) is 1.62. The summed E-state index contributed by atoms with van der Waals surface area (Å²) in [5.41, 5.74) is 7.54. The summed E-state index contributed by atoms with van der Waals surface area (Å²) in [4.78, 5) is 8.27. The van der Waals surface area contributed by atoms with Gasteiger partial charge in [-0.25, -0.2) is 0 Å². The Morgan fingerprint density at radius 3 is 2.64 bits per heavy atom. The van der Waals surface area contributed by atoms with E-state index in [1.807, 2.05) is 13.8 Å². The van der Waals surface area contributed by atoms with Gasteiger partial charge in [-0.3, -0.25) is 9.97 Å². The highest BCUT2D eigenvalue weighted by molar-refractivity contribution is 5.04. The molecule has 60 valence electrons. The molecule has 3 heteroatoms. The molecule has 1 aromatic heterocycles. The zero-order valence-corrected chi connectivity index (χ0v) is 6.91. The van der Waals surface area contributed by atoms with Crippen LogP contribution in [0.25, 0.3) is 0 Å². The third kappa shape index (κ3) is 1.98. The molecule has 2 N–H and O–H groups in total. The maximum atomic E-state index is 5.74. The lowest BCUT2D eigenvalue weighted by molar-refractivity contribution is 0.669. The smallest absolute Gasteiger partial charge is 0.0753 e. The fourth-order valence-corrected chi connectivity index (χ4v) is 0.803. The van der Waals surface area contributed by atoms with Crippen molar-refractivity contribution in [1.82, 2.24) is 9.97 Å². The van der Waals surface area contributed by atoms with E-state index in [0.717, 1.165) is 17.8 Å². The SMILES string of the molecule is CCC(N)c1cnc(C)cn1. The molecule has 1 heterocycles. The maximum Gasteiger partial charge on any atom is 0.0753 e. The molecular weight excluding hydrogens is 138 g/mol. The first-order valence-corrected chi connectivity index (χ1v) is 3.78. The van der Waals surface area contributed by atoms with Gasteiger partial charge in [-0.1, -0.05) is 6.92 Å². The molecule has 0 aliphatic carbocycles. The van der Waals surface area contributed by atoms with Crippen molar-refractivity contribution in [2.24, 2.45) is 5.73 Å². The van der Waals surface area contributed by atoms with E-state index in [0.29, 0.717) is 0 Å². The Morgan fingerprint density at radius 2 is 2.18 bits per heavy atom. The van der Waals surface area contributed by atoms with E-state index in [9.17, 15) is 0 Å². The molecule has 0 aliphatic rings. The molecule has 0 radical (unpaired) electrons. The first-order chi connectivity index (χ1) is 5.24. The zero-order chi connectivity index (χ0) is 8.27. The van der Waals surface area contributed by atoms with Crippen molar-refractivity contribution in [2.75, 3.05) is 0 Å². The summed E-state index contributed by atoms with van der Waals surface area (Å²) in [5.74, 6) is 0. The number of nitrogens with two attached hydrogens (primary N) is 1. The monoisotopic (exact) mass is 151 g/mol. The molecule has 0 saturated carbocycles. The molecule has 0 spiro atoms. The van der Waals surface area contributed by atoms with Gasteiger partial charge in [0.25, 0.3) is 0 Å². The molecule has 1 aromatic rings. The van der Waals surface area contributed by atoms with Crippen molar-refractivity contribution in [2.45, 2.75) is 26.3 Å². The van der Waals surface area contributed by atoms with Crippen LogP contribution >= 0.6 is 0 Å². The molecule has 0 amide bonds. The van der Waals surface area contributed by atoms with Gasteiger partial charge in [0.05, 0.1) is 17.6 Å². The predicted octanol–water partition coefficient (Wildman–Crippen LogP) is 1.19. The lowest BCUT2D eigenvalue weighted by Crippen LogP contribution is -2.10. The largest absolute Gasteiger partial charge is 0.323 e. The molecule has 1 rings (SSSR count). The van der Waals surface area contributed by atoms with Crippen LogP contribution in [-0.2, 0) is 0 Å². The summed E-state index contributed by atoms with van der Waals surface area (Å²) in [6.07, 6.45) is 4.38. The summed E-state index contributed by atoms with van der Waals surface area (Å²) >= 11 is 0. The number of hydrogen-bond donors (Lipinski definition) is 1. The average Bonchev–Trinajstić information content (AvgIpc) is 2.05. The molecule has 1 atom stereocenters. The fourth-order valence-electron chi connectivity index (χ4n) is 0.803. The van der Waals surface area contributed by atoms with Crippen molar-refractivity contribution in [3.8, 4) is 0 Å². The summed E-state index contributed by atoms with van der Waals surface area (Å²) in [5, 5.41) is 0. The van der Waals surface area contributed by atoms with E-state index in [4.69, 9.17) is 5.73 Å². The quantitative estimate of drug-likeness (QED) is 0.690. The lowest BCUT2D eigenvalue weighted by Gasteiger charge is -2.06. The van der Waals surface area contributed by atoms with Gasteiger partial charge in [-0.05, 0) is 13.3 Å². The van der Waals surface area contributed by atoms with Crippen LogP contribution in [0, 0.1) is 6.92 Å². The second-order valence-electron chi connectivity index (χ2n) is 2.60. The van der Waals surface area contributed by atoms with Crippen LogP contribution in [0.15, 0.2) is 12.4 Å². The van der Waals surface area contributed by atoms with Crippen molar-refractivity contribution in [1.29, 1.82) is 0 Å². The number of rotatable bonds is 2. The normalized spacial score (nSPS) is 13.0. The van der Waals surface area contributed by atoms with Crippen LogP contribution in [0.5, 0.6) is 0 Å². The Kier molecular flexibility index (Phi) is 2.54. The molecule has 1 unspecified atom stereocenters. The number of aryl methyl sites for hydroxylation is 1. The number of aromatic nitrogens is 2. The summed E-state index contributed by atoms with van der Waals surface area (Å²) in [6, 6.07) is 0.0306. The van der Waals surface area contributed by atoms with Crippen LogP contribution in [0.1, 0.15) is 30.8 Å². The van der Waals surface area contributed by atoms with Gasteiger partial charge < -0.3 is 5.73 Å². The molecule has 0 aromatic carbocycles. The first kappa shape index (κ1) is 8.14. The average molecular weight is 151 g/mol. The van der Waals surface area contributed by atoms with Crippen LogP contribution in [-0.4, -0.2) is 9.97 Å². The molecular formula is C8H13N3. The Balaban J connectivity index is 2.81. The van der Waals surface area contributed by atoms with Gasteiger partial charge in [0.1, 0.15) is 0 Å². The first-order valence-electron chi connectivity index (χ1n) is 3.78. The van der Waals surface area contributed by atoms with Crippen LogP contribution in [0.4, 0.5) is 0 Å². The van der Waals surface area contributed by atoms with Crippen LogP contribution in [0.2, 0.25) is 0 Å². The van der Waals surface area contributed by atoms with Gasteiger partial charge in [-0.2, -0.15) is 0 Å². The summed E-state index contributed by atoms with van der Waals surface area (Å²) < 4.78 is 0. The van der Waals surface area contributed by atoms with E-state index < -0.39 is 0 Å². The van der Waals surface area contributed by atoms with Gasteiger partial charge in [0, 0.05) is 12.2 Å². The standard InChI is InChI=1S/C8H13N3/c1-3-7(9)8-5-10-6(2)4-11-8/h4-5,7H,3,9H2,1-2H3. The lowest BCUT2D eigenvalue weighted by atomic mass is 10.2. The molecule has 0 bridgehead atoms. The van der Waals surface area contributed by atoms with Gasteiger partial charge in [0.15, 0.2) is 0 Å².